The third-order valence-corrected chi connectivity index (χ3v) is 4.14. The monoisotopic (exact) mass is 373 g/mol. The van der Waals surface area contributed by atoms with Gasteiger partial charge in [-0.05, 0) is 43.3 Å². The third kappa shape index (κ3) is 4.23. The summed E-state index contributed by atoms with van der Waals surface area (Å²) in [6.07, 6.45) is 1.49. The van der Waals surface area contributed by atoms with Crippen LogP contribution in [0.3, 0.4) is 0 Å². The summed E-state index contributed by atoms with van der Waals surface area (Å²) in [7, 11) is 0. The van der Waals surface area contributed by atoms with Gasteiger partial charge in [0.25, 0.3) is 0 Å². The van der Waals surface area contributed by atoms with E-state index in [-0.39, 0.29) is 11.7 Å². The molecule has 0 radical (unpaired) electrons. The molecule has 0 fully saturated rings. The van der Waals surface area contributed by atoms with Crippen LogP contribution in [0.5, 0.6) is 0 Å². The lowest BCUT2D eigenvalue weighted by Gasteiger charge is -2.09. The van der Waals surface area contributed by atoms with Crippen molar-refractivity contribution in [2.45, 2.75) is 6.92 Å². The van der Waals surface area contributed by atoms with Gasteiger partial charge in [-0.15, -0.1) is 5.10 Å². The van der Waals surface area contributed by atoms with E-state index in [0.29, 0.717) is 27.1 Å². The molecule has 3 aromatic rings. The summed E-state index contributed by atoms with van der Waals surface area (Å²) in [6.45, 7) is 1.52. The molecule has 0 atom stereocenters. The standard InChI is InChI=1S/C17H13Cl2N5O/c1-10(25)11-5-7-12(8-6-11)21-15-9-20-24-17(23-15)22-14-4-2-3-13(18)16(14)19/h2-9H,1H3,(H2,21,22,23,24). The van der Waals surface area contributed by atoms with Crippen molar-refractivity contribution < 1.29 is 4.79 Å². The van der Waals surface area contributed by atoms with Gasteiger partial charge >= 0.3 is 0 Å². The number of hydrogen-bond donors (Lipinski definition) is 2. The van der Waals surface area contributed by atoms with E-state index in [9.17, 15) is 4.79 Å². The van der Waals surface area contributed by atoms with Crippen LogP contribution in [-0.2, 0) is 0 Å². The van der Waals surface area contributed by atoms with E-state index in [0.717, 1.165) is 5.69 Å². The SMILES string of the molecule is CC(=O)c1ccc(Nc2cnnc(Nc3cccc(Cl)c3Cl)n2)cc1. The number of carbonyl (C=O) groups is 1. The minimum atomic E-state index is 0.0140. The van der Waals surface area contributed by atoms with Gasteiger partial charge in [-0.1, -0.05) is 29.3 Å². The van der Waals surface area contributed by atoms with Crippen molar-refractivity contribution >= 4 is 52.1 Å². The number of ketones is 1. The zero-order valence-corrected chi connectivity index (χ0v) is 14.6. The maximum absolute atomic E-state index is 11.3. The lowest BCUT2D eigenvalue weighted by Crippen LogP contribution is -2.03. The smallest absolute Gasteiger partial charge is 0.249 e. The fourth-order valence-corrected chi connectivity index (χ4v) is 2.42. The second-order valence-electron chi connectivity index (χ2n) is 5.15. The molecule has 0 saturated carbocycles. The minimum absolute atomic E-state index is 0.0140. The van der Waals surface area contributed by atoms with Crippen molar-refractivity contribution in [2.24, 2.45) is 0 Å². The van der Waals surface area contributed by atoms with Crippen molar-refractivity contribution in [1.82, 2.24) is 15.2 Å². The molecule has 3 rings (SSSR count). The van der Waals surface area contributed by atoms with Crippen molar-refractivity contribution in [1.29, 1.82) is 0 Å². The maximum atomic E-state index is 11.3. The van der Waals surface area contributed by atoms with Gasteiger partial charge in [0, 0.05) is 11.3 Å². The van der Waals surface area contributed by atoms with Gasteiger partial charge < -0.3 is 10.6 Å². The van der Waals surface area contributed by atoms with E-state index in [1.165, 1.54) is 13.1 Å². The van der Waals surface area contributed by atoms with Gasteiger partial charge in [0.15, 0.2) is 11.6 Å². The number of nitrogens with one attached hydrogen (secondary N) is 2. The molecule has 0 aliphatic carbocycles. The van der Waals surface area contributed by atoms with Gasteiger partial charge in [-0.3, -0.25) is 4.79 Å². The summed E-state index contributed by atoms with van der Waals surface area (Å²) in [5.41, 5.74) is 2.00. The summed E-state index contributed by atoms with van der Waals surface area (Å²) in [4.78, 5) is 15.6. The molecule has 0 unspecified atom stereocenters. The molecule has 1 aromatic heterocycles. The number of aromatic nitrogens is 3. The molecule has 8 heteroatoms. The Morgan fingerprint density at radius 3 is 2.52 bits per heavy atom. The molecule has 2 aromatic carbocycles. The summed E-state index contributed by atoms with van der Waals surface area (Å²) >= 11 is 12.1. The molecule has 2 N–H and O–H groups in total. The van der Waals surface area contributed by atoms with Crippen molar-refractivity contribution in [3.8, 4) is 0 Å². The third-order valence-electron chi connectivity index (χ3n) is 3.32. The van der Waals surface area contributed by atoms with Gasteiger partial charge in [0.2, 0.25) is 5.95 Å². The molecular weight excluding hydrogens is 361 g/mol. The van der Waals surface area contributed by atoms with Crippen molar-refractivity contribution in [3.05, 3.63) is 64.3 Å². The van der Waals surface area contributed by atoms with Crippen LogP contribution in [0.25, 0.3) is 0 Å². The first-order valence-corrected chi connectivity index (χ1v) is 8.07. The van der Waals surface area contributed by atoms with Crippen LogP contribution in [0, 0.1) is 0 Å². The van der Waals surface area contributed by atoms with Gasteiger partial charge in [-0.2, -0.15) is 10.1 Å². The number of anilines is 4. The average molecular weight is 374 g/mol. The number of carbonyl (C=O) groups excluding carboxylic acids is 1. The zero-order chi connectivity index (χ0) is 17.8. The lowest BCUT2D eigenvalue weighted by atomic mass is 10.1. The molecule has 0 bridgehead atoms. The molecular formula is C17H13Cl2N5O. The Kier molecular flexibility index (Phi) is 5.11. The highest BCUT2D eigenvalue weighted by atomic mass is 35.5. The summed E-state index contributed by atoms with van der Waals surface area (Å²) < 4.78 is 0. The zero-order valence-electron chi connectivity index (χ0n) is 13.1. The highest BCUT2D eigenvalue weighted by Crippen LogP contribution is 2.31. The first-order valence-electron chi connectivity index (χ1n) is 7.32. The van der Waals surface area contributed by atoms with Crippen molar-refractivity contribution in [3.63, 3.8) is 0 Å². The molecule has 0 spiro atoms. The fraction of sp³-hybridized carbons (Fsp3) is 0.0588. The normalized spacial score (nSPS) is 10.4. The van der Waals surface area contributed by atoms with E-state index >= 15 is 0 Å². The van der Waals surface area contributed by atoms with E-state index in [1.54, 1.807) is 42.5 Å². The van der Waals surface area contributed by atoms with E-state index in [1.807, 2.05) is 0 Å². The number of rotatable bonds is 5. The van der Waals surface area contributed by atoms with Crippen LogP contribution >= 0.6 is 23.2 Å². The Labute approximate surface area is 154 Å². The van der Waals surface area contributed by atoms with Crippen LogP contribution < -0.4 is 10.6 Å². The first-order chi connectivity index (χ1) is 12.0. The van der Waals surface area contributed by atoms with E-state index < -0.39 is 0 Å². The molecule has 6 nitrogen and oxygen atoms in total. The van der Waals surface area contributed by atoms with Crippen LogP contribution in [0.2, 0.25) is 10.0 Å². The lowest BCUT2D eigenvalue weighted by molar-refractivity contribution is 0.101. The Hall–Kier alpha value is -2.70. The molecule has 1 heterocycles. The largest absolute Gasteiger partial charge is 0.339 e. The maximum Gasteiger partial charge on any atom is 0.249 e. The van der Waals surface area contributed by atoms with Crippen LogP contribution in [0.15, 0.2) is 48.7 Å². The predicted molar refractivity (Wildman–Crippen MR) is 99.3 cm³/mol. The highest BCUT2D eigenvalue weighted by Gasteiger charge is 2.07. The average Bonchev–Trinajstić information content (AvgIpc) is 2.60. The topological polar surface area (TPSA) is 79.8 Å². The van der Waals surface area contributed by atoms with Crippen molar-refractivity contribution in [2.75, 3.05) is 10.6 Å². The fourth-order valence-electron chi connectivity index (χ4n) is 2.07. The van der Waals surface area contributed by atoms with Gasteiger partial charge in [0.1, 0.15) is 0 Å². The van der Waals surface area contributed by atoms with Gasteiger partial charge in [0.05, 0.1) is 21.9 Å². The Balaban J connectivity index is 1.77. The Morgan fingerprint density at radius 2 is 1.80 bits per heavy atom. The molecule has 0 aliphatic rings. The summed E-state index contributed by atoms with van der Waals surface area (Å²) in [5.74, 6) is 0.779. The Morgan fingerprint density at radius 1 is 1.04 bits per heavy atom. The van der Waals surface area contributed by atoms with Crippen LogP contribution in [0.1, 0.15) is 17.3 Å². The first kappa shape index (κ1) is 17.1. The second kappa shape index (κ2) is 7.46. The number of Topliss-reactive ketones (excluding diaryl/α,β-unsaturated/α-hetero) is 1. The number of halogens is 2. The predicted octanol–water partition coefficient (Wildman–Crippen LogP) is 4.87. The Bertz CT molecular complexity index is 915. The molecule has 0 aliphatic heterocycles. The molecule has 0 amide bonds. The van der Waals surface area contributed by atoms with Crippen LogP contribution in [-0.4, -0.2) is 21.0 Å². The highest BCUT2D eigenvalue weighted by molar-refractivity contribution is 6.43. The quantitative estimate of drug-likeness (QED) is 0.621. The van der Waals surface area contributed by atoms with Crippen LogP contribution in [0.4, 0.5) is 23.1 Å². The molecule has 126 valence electrons. The van der Waals surface area contributed by atoms with E-state index in [4.69, 9.17) is 23.2 Å². The molecule has 25 heavy (non-hydrogen) atoms. The summed E-state index contributed by atoms with van der Waals surface area (Å²) in [5, 5.41) is 14.7. The number of benzene rings is 2. The molecule has 0 saturated heterocycles. The summed E-state index contributed by atoms with van der Waals surface area (Å²) in [6, 6.07) is 12.3. The second-order valence-corrected chi connectivity index (χ2v) is 5.94. The van der Waals surface area contributed by atoms with Gasteiger partial charge in [-0.25, -0.2) is 0 Å². The minimum Gasteiger partial charge on any atom is -0.339 e. The number of hydrogen-bond acceptors (Lipinski definition) is 6. The van der Waals surface area contributed by atoms with E-state index in [2.05, 4.69) is 25.8 Å². The number of nitrogens with zero attached hydrogens (tertiary/aromatic N) is 3.